The predicted molar refractivity (Wildman–Crippen MR) is 79.8 cm³/mol. The van der Waals surface area contributed by atoms with E-state index in [0.29, 0.717) is 17.2 Å². The molecule has 0 amide bonds. The molecule has 0 aliphatic carbocycles. The van der Waals surface area contributed by atoms with Crippen LogP contribution >= 0.6 is 0 Å². The number of hydrogen-bond donors (Lipinski definition) is 1. The summed E-state index contributed by atoms with van der Waals surface area (Å²) in [6.45, 7) is 3.93. The van der Waals surface area contributed by atoms with E-state index < -0.39 is 0 Å². The Morgan fingerprint density at radius 3 is 2.67 bits per heavy atom. The van der Waals surface area contributed by atoms with Crippen molar-refractivity contribution in [2.75, 3.05) is 0 Å². The Bertz CT molecular complexity index is 862. The number of nitrogens with zero attached hydrogens (tertiary/aromatic N) is 4. The lowest BCUT2D eigenvalue weighted by Gasteiger charge is -2.06. The molecule has 0 aliphatic rings. The number of rotatable bonds is 2. The van der Waals surface area contributed by atoms with Gasteiger partial charge in [0.25, 0.3) is 5.56 Å². The van der Waals surface area contributed by atoms with Crippen LogP contribution in [-0.2, 0) is 7.05 Å². The monoisotopic (exact) mass is 281 g/mol. The molecule has 0 spiro atoms. The van der Waals surface area contributed by atoms with Crippen LogP contribution in [-0.4, -0.2) is 24.7 Å². The van der Waals surface area contributed by atoms with Gasteiger partial charge >= 0.3 is 0 Å². The lowest BCUT2D eigenvalue weighted by molar-refractivity contribution is 0.768. The van der Waals surface area contributed by atoms with Gasteiger partial charge in [0.2, 0.25) is 0 Å². The Morgan fingerprint density at radius 1 is 1.19 bits per heavy atom. The standard InChI is InChI=1S/C15H15N5O/c1-9-4-10(2)14(16-6-9)15-18-12(5-13(21)19-15)11-7-17-20(3)8-11/h4-8H,1-3H3,(H,18,19,21). The van der Waals surface area contributed by atoms with Gasteiger partial charge in [-0.05, 0) is 25.0 Å². The third-order valence-electron chi connectivity index (χ3n) is 3.18. The second-order valence-electron chi connectivity index (χ2n) is 5.06. The maximum absolute atomic E-state index is 11.9. The topological polar surface area (TPSA) is 76.5 Å². The highest BCUT2D eigenvalue weighted by Crippen LogP contribution is 2.20. The van der Waals surface area contributed by atoms with E-state index in [1.54, 1.807) is 17.1 Å². The second-order valence-corrected chi connectivity index (χ2v) is 5.06. The highest BCUT2D eigenvalue weighted by molar-refractivity contribution is 5.62. The average molecular weight is 281 g/mol. The molecule has 0 unspecified atom stereocenters. The lowest BCUT2D eigenvalue weighted by atomic mass is 10.1. The Hall–Kier alpha value is -2.76. The molecule has 6 nitrogen and oxygen atoms in total. The SMILES string of the molecule is Cc1cnc(-c2nc(-c3cnn(C)c3)cc(=O)[nH]2)c(C)c1. The number of H-pyrrole nitrogens is 1. The average Bonchev–Trinajstić information content (AvgIpc) is 2.84. The zero-order valence-corrected chi connectivity index (χ0v) is 12.1. The van der Waals surface area contributed by atoms with Crippen molar-refractivity contribution in [2.45, 2.75) is 13.8 Å². The Labute approximate surface area is 121 Å². The summed E-state index contributed by atoms with van der Waals surface area (Å²) in [4.78, 5) is 23.5. The highest BCUT2D eigenvalue weighted by Gasteiger charge is 2.10. The summed E-state index contributed by atoms with van der Waals surface area (Å²) >= 11 is 0. The van der Waals surface area contributed by atoms with Crippen LogP contribution < -0.4 is 5.56 Å². The Kier molecular flexibility index (Phi) is 3.13. The zero-order chi connectivity index (χ0) is 15.0. The first-order valence-electron chi connectivity index (χ1n) is 6.57. The first-order valence-corrected chi connectivity index (χ1v) is 6.57. The summed E-state index contributed by atoms with van der Waals surface area (Å²) in [6.07, 6.45) is 5.26. The van der Waals surface area contributed by atoms with E-state index in [1.165, 1.54) is 6.07 Å². The summed E-state index contributed by atoms with van der Waals surface area (Å²) in [5, 5.41) is 4.10. The normalized spacial score (nSPS) is 10.8. The molecule has 0 atom stereocenters. The minimum Gasteiger partial charge on any atom is -0.305 e. The molecule has 106 valence electrons. The largest absolute Gasteiger partial charge is 0.305 e. The van der Waals surface area contributed by atoms with Gasteiger partial charge in [-0.15, -0.1) is 0 Å². The minimum atomic E-state index is -0.208. The van der Waals surface area contributed by atoms with Gasteiger partial charge in [-0.1, -0.05) is 6.07 Å². The van der Waals surface area contributed by atoms with Gasteiger partial charge in [0, 0.05) is 31.1 Å². The first kappa shape index (κ1) is 13.2. The van der Waals surface area contributed by atoms with Gasteiger partial charge in [0.15, 0.2) is 5.82 Å². The fourth-order valence-corrected chi connectivity index (χ4v) is 2.23. The summed E-state index contributed by atoms with van der Waals surface area (Å²) in [5.74, 6) is 0.471. The number of aromatic amines is 1. The van der Waals surface area contributed by atoms with Crippen LogP contribution in [0.2, 0.25) is 0 Å². The molecule has 1 N–H and O–H groups in total. The van der Waals surface area contributed by atoms with Gasteiger partial charge in [-0.3, -0.25) is 14.5 Å². The van der Waals surface area contributed by atoms with Crippen LogP contribution in [0.4, 0.5) is 0 Å². The van der Waals surface area contributed by atoms with E-state index >= 15 is 0 Å². The molecule has 0 bridgehead atoms. The van der Waals surface area contributed by atoms with Crippen molar-refractivity contribution >= 4 is 0 Å². The van der Waals surface area contributed by atoms with Crippen LogP contribution in [0.1, 0.15) is 11.1 Å². The third kappa shape index (κ3) is 2.60. The van der Waals surface area contributed by atoms with Crippen LogP contribution in [0.25, 0.3) is 22.8 Å². The smallest absolute Gasteiger partial charge is 0.251 e. The third-order valence-corrected chi connectivity index (χ3v) is 3.18. The van der Waals surface area contributed by atoms with E-state index in [0.717, 1.165) is 16.7 Å². The maximum Gasteiger partial charge on any atom is 0.251 e. The number of pyridine rings is 1. The van der Waals surface area contributed by atoms with E-state index in [2.05, 4.69) is 20.1 Å². The molecule has 0 fully saturated rings. The van der Waals surface area contributed by atoms with Crippen molar-refractivity contribution in [1.82, 2.24) is 24.7 Å². The van der Waals surface area contributed by atoms with Gasteiger partial charge in [0.1, 0.15) is 5.69 Å². The van der Waals surface area contributed by atoms with E-state index in [-0.39, 0.29) is 5.56 Å². The van der Waals surface area contributed by atoms with Crippen LogP contribution in [0.15, 0.2) is 35.5 Å². The molecule has 21 heavy (non-hydrogen) atoms. The summed E-state index contributed by atoms with van der Waals surface area (Å²) in [5.41, 5.74) is 3.91. The van der Waals surface area contributed by atoms with Crippen molar-refractivity contribution < 1.29 is 0 Å². The number of hydrogen-bond acceptors (Lipinski definition) is 4. The molecule has 3 aromatic rings. The molecule has 6 heteroatoms. The minimum absolute atomic E-state index is 0.208. The van der Waals surface area contributed by atoms with Crippen molar-refractivity contribution in [3.63, 3.8) is 0 Å². The van der Waals surface area contributed by atoms with Crippen molar-refractivity contribution in [3.05, 3.63) is 52.2 Å². The Morgan fingerprint density at radius 2 is 2.00 bits per heavy atom. The second kappa shape index (κ2) is 4.97. The van der Waals surface area contributed by atoms with Crippen molar-refractivity contribution in [3.8, 4) is 22.8 Å². The zero-order valence-electron chi connectivity index (χ0n) is 12.1. The number of nitrogens with one attached hydrogen (secondary N) is 1. The van der Waals surface area contributed by atoms with Crippen LogP contribution in [0, 0.1) is 13.8 Å². The van der Waals surface area contributed by atoms with E-state index in [4.69, 9.17) is 0 Å². The number of aryl methyl sites for hydroxylation is 3. The fraction of sp³-hybridized carbons (Fsp3) is 0.200. The van der Waals surface area contributed by atoms with Crippen LogP contribution in [0.5, 0.6) is 0 Å². The molecular formula is C15H15N5O. The molecular weight excluding hydrogens is 266 g/mol. The summed E-state index contributed by atoms with van der Waals surface area (Å²) in [7, 11) is 1.82. The summed E-state index contributed by atoms with van der Waals surface area (Å²) < 4.78 is 1.67. The van der Waals surface area contributed by atoms with Crippen molar-refractivity contribution in [2.24, 2.45) is 7.05 Å². The molecule has 0 saturated carbocycles. The molecule has 3 heterocycles. The van der Waals surface area contributed by atoms with Gasteiger partial charge < -0.3 is 4.98 Å². The first-order chi connectivity index (χ1) is 10.0. The van der Waals surface area contributed by atoms with Crippen LogP contribution in [0.3, 0.4) is 0 Å². The lowest BCUT2D eigenvalue weighted by Crippen LogP contribution is -2.09. The van der Waals surface area contributed by atoms with E-state index in [1.807, 2.05) is 33.2 Å². The molecule has 0 saturated heterocycles. The predicted octanol–water partition coefficient (Wildman–Crippen LogP) is 1.85. The molecule has 0 radical (unpaired) electrons. The highest BCUT2D eigenvalue weighted by atomic mass is 16.1. The van der Waals surface area contributed by atoms with Gasteiger partial charge in [-0.2, -0.15) is 5.10 Å². The molecule has 0 aromatic carbocycles. The molecule has 3 aromatic heterocycles. The number of aromatic nitrogens is 5. The van der Waals surface area contributed by atoms with Gasteiger partial charge in [0.05, 0.1) is 11.9 Å². The van der Waals surface area contributed by atoms with Crippen molar-refractivity contribution in [1.29, 1.82) is 0 Å². The quantitative estimate of drug-likeness (QED) is 0.777. The molecule has 3 rings (SSSR count). The Balaban J connectivity index is 2.16. The fourth-order valence-electron chi connectivity index (χ4n) is 2.23. The maximum atomic E-state index is 11.9. The molecule has 0 aliphatic heterocycles. The van der Waals surface area contributed by atoms with Gasteiger partial charge in [-0.25, -0.2) is 4.98 Å². The van der Waals surface area contributed by atoms with E-state index in [9.17, 15) is 4.79 Å². The summed E-state index contributed by atoms with van der Waals surface area (Å²) in [6, 6.07) is 3.48.